The molecule has 19 heavy (non-hydrogen) atoms. The van der Waals surface area contributed by atoms with Crippen LogP contribution in [0.25, 0.3) is 0 Å². The Morgan fingerprint density at radius 2 is 1.84 bits per heavy atom. The minimum atomic E-state index is -0.163. The molecule has 0 radical (unpaired) electrons. The average Bonchev–Trinajstić information content (AvgIpc) is 2.38. The first-order valence-corrected chi connectivity index (χ1v) is 7.58. The second-order valence-electron chi connectivity index (χ2n) is 5.45. The molecule has 1 aliphatic carbocycles. The summed E-state index contributed by atoms with van der Waals surface area (Å²) in [6, 6.07) is 0.353. The lowest BCUT2D eigenvalue weighted by molar-refractivity contribution is -0.143. The van der Waals surface area contributed by atoms with Crippen LogP contribution in [0.5, 0.6) is 0 Å². The van der Waals surface area contributed by atoms with Crippen LogP contribution in [0.2, 0.25) is 0 Å². The Balaban J connectivity index is 2.09. The van der Waals surface area contributed by atoms with Gasteiger partial charge in [0.05, 0.1) is 6.61 Å². The Hall–Kier alpha value is -1.06. The van der Waals surface area contributed by atoms with Crippen LogP contribution in [-0.4, -0.2) is 24.5 Å². The molecule has 110 valence electrons. The maximum absolute atomic E-state index is 11.8. The van der Waals surface area contributed by atoms with Gasteiger partial charge < -0.3 is 10.1 Å². The third-order valence-corrected chi connectivity index (χ3v) is 3.80. The Bertz CT molecular complexity index is 291. The predicted molar refractivity (Wildman–Crippen MR) is 74.7 cm³/mol. The minimum Gasteiger partial charge on any atom is -0.466 e. The summed E-state index contributed by atoms with van der Waals surface area (Å²) in [5.74, 6) is 0.559. The predicted octanol–water partition coefficient (Wildman–Crippen LogP) is 2.80. The molecule has 4 heteroatoms. The highest BCUT2D eigenvalue weighted by Gasteiger charge is 2.22. The number of carbonyl (C=O) groups excluding carboxylic acids is 2. The molecule has 0 aromatic heterocycles. The van der Waals surface area contributed by atoms with E-state index in [2.05, 4.69) is 12.2 Å². The number of hydrogen-bond acceptors (Lipinski definition) is 3. The molecule has 0 spiro atoms. The molecule has 2 atom stereocenters. The molecule has 1 aliphatic rings. The van der Waals surface area contributed by atoms with Gasteiger partial charge >= 0.3 is 5.97 Å². The van der Waals surface area contributed by atoms with Gasteiger partial charge in [0.1, 0.15) is 0 Å². The van der Waals surface area contributed by atoms with Gasteiger partial charge in [0.25, 0.3) is 0 Å². The van der Waals surface area contributed by atoms with Crippen molar-refractivity contribution in [1.82, 2.24) is 5.32 Å². The molecule has 0 aromatic rings. The van der Waals surface area contributed by atoms with E-state index in [9.17, 15) is 9.59 Å². The zero-order chi connectivity index (χ0) is 14.1. The van der Waals surface area contributed by atoms with Gasteiger partial charge in [-0.1, -0.05) is 19.8 Å². The second kappa shape index (κ2) is 8.94. The smallest absolute Gasteiger partial charge is 0.305 e. The van der Waals surface area contributed by atoms with E-state index in [4.69, 9.17) is 4.74 Å². The van der Waals surface area contributed by atoms with Crippen LogP contribution >= 0.6 is 0 Å². The number of rotatable bonds is 7. The van der Waals surface area contributed by atoms with Crippen molar-refractivity contribution in [2.75, 3.05) is 6.61 Å². The molecule has 0 saturated heterocycles. The van der Waals surface area contributed by atoms with Crippen LogP contribution in [0.1, 0.15) is 65.2 Å². The van der Waals surface area contributed by atoms with Gasteiger partial charge in [-0.3, -0.25) is 9.59 Å². The molecule has 0 heterocycles. The van der Waals surface area contributed by atoms with E-state index in [1.165, 1.54) is 19.3 Å². The zero-order valence-electron chi connectivity index (χ0n) is 12.2. The highest BCUT2D eigenvalue weighted by molar-refractivity contribution is 5.76. The SMILES string of the molecule is CCOC(=O)CCCCC(=O)N[C@@H]1CCCC[C@H]1C. The molecule has 1 N–H and O–H groups in total. The van der Waals surface area contributed by atoms with Crippen molar-refractivity contribution in [3.05, 3.63) is 0 Å². The first-order valence-electron chi connectivity index (χ1n) is 7.58. The average molecular weight is 269 g/mol. The molecular formula is C15H27NO3. The van der Waals surface area contributed by atoms with Crippen LogP contribution in [0.4, 0.5) is 0 Å². The normalized spacial score (nSPS) is 22.8. The lowest BCUT2D eigenvalue weighted by Gasteiger charge is -2.29. The molecular weight excluding hydrogens is 242 g/mol. The van der Waals surface area contributed by atoms with E-state index in [-0.39, 0.29) is 11.9 Å². The molecule has 0 aliphatic heterocycles. The summed E-state index contributed by atoms with van der Waals surface area (Å²) in [6.45, 7) is 4.44. The Kier molecular flexibility index (Phi) is 7.53. The number of ether oxygens (including phenoxy) is 1. The van der Waals surface area contributed by atoms with Crippen molar-refractivity contribution < 1.29 is 14.3 Å². The Morgan fingerprint density at radius 3 is 2.53 bits per heavy atom. The molecule has 1 fully saturated rings. The first-order chi connectivity index (χ1) is 9.13. The van der Waals surface area contributed by atoms with E-state index in [0.29, 0.717) is 31.4 Å². The van der Waals surface area contributed by atoms with Crippen molar-refractivity contribution >= 4 is 11.9 Å². The van der Waals surface area contributed by atoms with Gasteiger partial charge in [0, 0.05) is 18.9 Å². The van der Waals surface area contributed by atoms with Gasteiger partial charge in [-0.2, -0.15) is 0 Å². The van der Waals surface area contributed by atoms with E-state index >= 15 is 0 Å². The van der Waals surface area contributed by atoms with E-state index in [0.717, 1.165) is 19.3 Å². The zero-order valence-corrected chi connectivity index (χ0v) is 12.2. The first kappa shape index (κ1) is 16.0. The Morgan fingerprint density at radius 1 is 1.16 bits per heavy atom. The number of nitrogens with one attached hydrogen (secondary N) is 1. The largest absolute Gasteiger partial charge is 0.466 e. The van der Waals surface area contributed by atoms with Crippen LogP contribution < -0.4 is 5.32 Å². The summed E-state index contributed by atoms with van der Waals surface area (Å²) >= 11 is 0. The number of esters is 1. The maximum Gasteiger partial charge on any atom is 0.305 e. The molecule has 1 rings (SSSR count). The summed E-state index contributed by atoms with van der Waals surface area (Å²) in [5.41, 5.74) is 0. The number of amides is 1. The van der Waals surface area contributed by atoms with Crippen molar-refractivity contribution in [3.63, 3.8) is 0 Å². The van der Waals surface area contributed by atoms with Gasteiger partial charge in [-0.25, -0.2) is 0 Å². The summed E-state index contributed by atoms with van der Waals surface area (Å²) in [6.07, 6.45) is 7.25. The molecule has 0 aromatic carbocycles. The number of unbranched alkanes of at least 4 members (excludes halogenated alkanes) is 1. The van der Waals surface area contributed by atoms with E-state index in [1.54, 1.807) is 6.92 Å². The third-order valence-electron chi connectivity index (χ3n) is 3.80. The topological polar surface area (TPSA) is 55.4 Å². The maximum atomic E-state index is 11.8. The molecule has 0 bridgehead atoms. The van der Waals surface area contributed by atoms with Gasteiger partial charge in [-0.15, -0.1) is 0 Å². The van der Waals surface area contributed by atoms with E-state index in [1.807, 2.05) is 0 Å². The Labute approximate surface area is 116 Å². The highest BCUT2D eigenvalue weighted by atomic mass is 16.5. The van der Waals surface area contributed by atoms with E-state index < -0.39 is 0 Å². The van der Waals surface area contributed by atoms with Gasteiger partial charge in [0.15, 0.2) is 0 Å². The van der Waals surface area contributed by atoms with Crippen LogP contribution in [0.15, 0.2) is 0 Å². The van der Waals surface area contributed by atoms with Crippen molar-refractivity contribution in [2.24, 2.45) is 5.92 Å². The molecule has 1 saturated carbocycles. The van der Waals surface area contributed by atoms with Crippen LogP contribution in [0, 0.1) is 5.92 Å². The monoisotopic (exact) mass is 269 g/mol. The minimum absolute atomic E-state index is 0.127. The standard InChI is InChI=1S/C15H27NO3/c1-3-19-15(18)11-7-6-10-14(17)16-13-9-5-4-8-12(13)2/h12-13H,3-11H2,1-2H3,(H,16,17)/t12-,13-/m1/s1. The molecule has 0 unspecified atom stereocenters. The summed E-state index contributed by atoms with van der Waals surface area (Å²) < 4.78 is 4.85. The van der Waals surface area contributed by atoms with Crippen molar-refractivity contribution in [3.8, 4) is 0 Å². The quantitative estimate of drug-likeness (QED) is 0.571. The van der Waals surface area contributed by atoms with Crippen LogP contribution in [0.3, 0.4) is 0 Å². The van der Waals surface area contributed by atoms with Crippen LogP contribution in [-0.2, 0) is 14.3 Å². The highest BCUT2D eigenvalue weighted by Crippen LogP contribution is 2.23. The summed E-state index contributed by atoms with van der Waals surface area (Å²) in [4.78, 5) is 22.9. The summed E-state index contributed by atoms with van der Waals surface area (Å²) in [7, 11) is 0. The lowest BCUT2D eigenvalue weighted by atomic mass is 9.86. The number of hydrogen-bond donors (Lipinski definition) is 1. The molecule has 1 amide bonds. The van der Waals surface area contributed by atoms with Gasteiger partial charge in [-0.05, 0) is 38.5 Å². The fraction of sp³-hybridized carbons (Fsp3) is 0.867. The summed E-state index contributed by atoms with van der Waals surface area (Å²) in [5, 5.41) is 3.13. The van der Waals surface area contributed by atoms with Crippen molar-refractivity contribution in [2.45, 2.75) is 71.3 Å². The van der Waals surface area contributed by atoms with Gasteiger partial charge in [0.2, 0.25) is 5.91 Å². The van der Waals surface area contributed by atoms with Crippen molar-refractivity contribution in [1.29, 1.82) is 0 Å². The molecule has 4 nitrogen and oxygen atoms in total. The fourth-order valence-electron chi connectivity index (χ4n) is 2.60. The fourth-order valence-corrected chi connectivity index (χ4v) is 2.60. The second-order valence-corrected chi connectivity index (χ2v) is 5.45. The lowest BCUT2D eigenvalue weighted by Crippen LogP contribution is -2.40. The number of carbonyl (C=O) groups is 2. The third kappa shape index (κ3) is 6.60.